The normalized spacial score (nSPS) is 23.4. The standard InChI is InChI=1S/C47H55N13O8S2/c1-25-40(62)55-37(19-31-21-50-24-53-31)44(66)56-35(17-27-13-14-28-8-3-4-9-29(28)16-27)42(64)54-34(12-7-15-51-46(48)49)41(63)57-36(18-30-20-52-33-11-6-5-10-32(30)33)43(65)58-38(26(2)61)22-69-70-23-39-45(67)60(25)47(68)59-39/h3-6,8-11,13-14,16,20-21,24-25,34-39,52H,7,12,15,17-19,22-23H2,1-2H3,(H,50,53)(H,54,64)(H,55,62)(H,56,66)(H,57,63)(H,58,65)(H,59,68)(H4,48,49,51)/t25-,34+,35-,36+,37+,38+,39+/m1/s1. The van der Waals surface area contributed by atoms with Crippen LogP contribution in [0.5, 0.6) is 0 Å². The third kappa shape index (κ3) is 12.8. The van der Waals surface area contributed by atoms with Crippen molar-refractivity contribution in [3.05, 3.63) is 102 Å². The maximum Gasteiger partial charge on any atom is 0.325 e. The lowest BCUT2D eigenvalue weighted by Gasteiger charge is -2.28. The number of nitrogens with zero attached hydrogens (tertiary/aromatic N) is 3. The Morgan fingerprint density at radius 2 is 1.37 bits per heavy atom. The van der Waals surface area contributed by atoms with Crippen molar-refractivity contribution in [1.29, 1.82) is 0 Å². The van der Waals surface area contributed by atoms with Crippen molar-refractivity contribution in [2.45, 2.75) is 88.2 Å². The van der Waals surface area contributed by atoms with E-state index in [9.17, 15) is 38.4 Å². The molecule has 5 aromatic rings. The highest BCUT2D eigenvalue weighted by molar-refractivity contribution is 8.76. The van der Waals surface area contributed by atoms with Crippen molar-refractivity contribution < 1.29 is 38.4 Å². The van der Waals surface area contributed by atoms with Crippen molar-refractivity contribution in [1.82, 2.24) is 51.8 Å². The van der Waals surface area contributed by atoms with Gasteiger partial charge in [-0.3, -0.25) is 43.5 Å². The highest BCUT2D eigenvalue weighted by Crippen LogP contribution is 2.26. The highest BCUT2D eigenvalue weighted by atomic mass is 33.1. The Labute approximate surface area is 410 Å². The number of benzene rings is 3. The van der Waals surface area contributed by atoms with Crippen LogP contribution in [-0.4, -0.2) is 133 Å². The fourth-order valence-electron chi connectivity index (χ4n) is 8.16. The van der Waals surface area contributed by atoms with Gasteiger partial charge in [0.25, 0.3) is 5.91 Å². The fourth-order valence-corrected chi connectivity index (χ4v) is 10.6. The lowest BCUT2D eigenvalue weighted by atomic mass is 9.99. The first-order valence-corrected chi connectivity index (χ1v) is 25.1. The van der Waals surface area contributed by atoms with Crippen LogP contribution in [0.3, 0.4) is 0 Å². The smallest absolute Gasteiger partial charge is 0.325 e. The van der Waals surface area contributed by atoms with E-state index in [1.165, 1.54) is 48.0 Å². The van der Waals surface area contributed by atoms with Crippen LogP contribution in [0.15, 0.2) is 90.4 Å². The number of hydrogen-bond donors (Lipinski definition) is 10. The Hall–Kier alpha value is -7.40. The molecule has 8 amide bonds. The Bertz CT molecular complexity index is 2780. The lowest BCUT2D eigenvalue weighted by Crippen LogP contribution is -2.60. The molecule has 0 saturated carbocycles. The molecule has 0 unspecified atom stereocenters. The summed E-state index contributed by atoms with van der Waals surface area (Å²) in [6.45, 7) is 2.76. The number of rotatable bonds is 11. The summed E-state index contributed by atoms with van der Waals surface area (Å²) in [7, 11) is 2.35. The topological polar surface area (TPSA) is 321 Å². The molecule has 4 heterocycles. The molecular weight excluding hydrogens is 939 g/mol. The summed E-state index contributed by atoms with van der Waals surface area (Å²) in [4.78, 5) is 127. The van der Waals surface area contributed by atoms with E-state index < -0.39 is 83.8 Å². The van der Waals surface area contributed by atoms with Crippen LogP contribution in [-0.2, 0) is 52.8 Å². The number of para-hydroxylation sites is 1. The Kier molecular flexibility index (Phi) is 16.8. The molecule has 12 N–H and O–H groups in total. The van der Waals surface area contributed by atoms with Crippen LogP contribution in [0.2, 0.25) is 0 Å². The van der Waals surface area contributed by atoms with Gasteiger partial charge in [0.05, 0.1) is 12.4 Å². The van der Waals surface area contributed by atoms with E-state index in [0.29, 0.717) is 16.8 Å². The lowest BCUT2D eigenvalue weighted by molar-refractivity contribution is -0.137. The van der Waals surface area contributed by atoms with E-state index in [4.69, 9.17) is 11.5 Å². The molecule has 0 radical (unpaired) electrons. The minimum Gasteiger partial charge on any atom is -0.370 e. The van der Waals surface area contributed by atoms with Crippen LogP contribution in [0, 0.1) is 0 Å². The predicted molar refractivity (Wildman–Crippen MR) is 266 cm³/mol. The number of urea groups is 1. The maximum atomic E-state index is 14.8. The minimum absolute atomic E-state index is 0.0173. The number of carbonyl (C=O) groups excluding carboxylic acids is 8. The number of carbonyl (C=O) groups is 8. The number of nitrogens with one attached hydrogen (secondary N) is 8. The molecule has 0 aliphatic carbocycles. The summed E-state index contributed by atoms with van der Waals surface area (Å²) < 4.78 is 0. The molecule has 2 aliphatic heterocycles. The average Bonchev–Trinajstić information content (AvgIpc) is 4.08. The number of amides is 8. The maximum absolute atomic E-state index is 14.8. The second-order valence-electron chi connectivity index (χ2n) is 17.1. The number of fused-ring (bicyclic) bond motifs is 4. The van der Waals surface area contributed by atoms with Gasteiger partial charge in [0, 0.05) is 66.3 Å². The van der Waals surface area contributed by atoms with Crippen LogP contribution in [0.25, 0.3) is 21.7 Å². The zero-order chi connectivity index (χ0) is 49.9. The first-order valence-electron chi connectivity index (χ1n) is 22.6. The van der Waals surface area contributed by atoms with E-state index in [0.717, 1.165) is 26.6 Å². The number of nitrogens with two attached hydrogens (primary N) is 2. The van der Waals surface area contributed by atoms with Gasteiger partial charge in [-0.15, -0.1) is 0 Å². The number of imide groups is 1. The Balaban J connectivity index is 1.26. The van der Waals surface area contributed by atoms with Gasteiger partial charge in [-0.2, -0.15) is 0 Å². The molecule has 70 heavy (non-hydrogen) atoms. The van der Waals surface area contributed by atoms with Crippen LogP contribution < -0.4 is 43.4 Å². The summed E-state index contributed by atoms with van der Waals surface area (Å²) in [5, 5.41) is 19.1. The van der Waals surface area contributed by atoms with Crippen LogP contribution >= 0.6 is 21.6 Å². The quantitative estimate of drug-likeness (QED) is 0.0289. The van der Waals surface area contributed by atoms with Crippen molar-refractivity contribution >= 4 is 96.5 Å². The van der Waals surface area contributed by atoms with Gasteiger partial charge in [-0.1, -0.05) is 82.3 Å². The second-order valence-corrected chi connectivity index (χ2v) is 19.6. The van der Waals surface area contributed by atoms with Gasteiger partial charge in [-0.25, -0.2) is 9.78 Å². The van der Waals surface area contributed by atoms with Gasteiger partial charge < -0.3 is 53.3 Å². The van der Waals surface area contributed by atoms with Crippen molar-refractivity contribution in [3.63, 3.8) is 0 Å². The summed E-state index contributed by atoms with van der Waals surface area (Å²) in [5.74, 6) is -4.98. The van der Waals surface area contributed by atoms with Gasteiger partial charge in [0.15, 0.2) is 11.7 Å². The molecule has 21 nitrogen and oxygen atoms in total. The van der Waals surface area contributed by atoms with Crippen LogP contribution in [0.1, 0.15) is 43.5 Å². The third-order valence-corrected chi connectivity index (χ3v) is 14.4. The van der Waals surface area contributed by atoms with Gasteiger partial charge in [-0.05, 0) is 54.7 Å². The van der Waals surface area contributed by atoms with Crippen molar-refractivity contribution in [2.75, 3.05) is 18.1 Å². The number of imidazole rings is 1. The molecule has 2 aromatic heterocycles. The monoisotopic (exact) mass is 993 g/mol. The summed E-state index contributed by atoms with van der Waals surface area (Å²) in [5.41, 5.74) is 13.8. The largest absolute Gasteiger partial charge is 0.370 e. The molecule has 23 heteroatoms. The molecule has 2 saturated heterocycles. The number of aliphatic imine (C=N–C) groups is 1. The number of H-pyrrole nitrogens is 2. The van der Waals surface area contributed by atoms with Crippen molar-refractivity contribution in [2.24, 2.45) is 16.5 Å². The third-order valence-electron chi connectivity index (χ3n) is 12.0. The second kappa shape index (κ2) is 23.3. The molecule has 0 spiro atoms. The number of aromatic nitrogens is 3. The zero-order valence-electron chi connectivity index (χ0n) is 38.4. The molecule has 7 rings (SSSR count). The highest BCUT2D eigenvalue weighted by Gasteiger charge is 2.44. The van der Waals surface area contributed by atoms with Crippen LogP contribution in [0.4, 0.5) is 4.79 Å². The number of ketones is 1. The molecule has 368 valence electrons. The molecular formula is C47H55N13O8S2. The summed E-state index contributed by atoms with van der Waals surface area (Å²) >= 11 is 0. The fraction of sp³-hybridized carbons (Fsp3) is 0.362. The molecule has 3 aromatic carbocycles. The Morgan fingerprint density at radius 1 is 0.729 bits per heavy atom. The SMILES string of the molecule is CC(=O)[C@@H]1CSSC[C@@H]2NC(=O)N(C2=O)[C@H](C)C(=O)N[C@@H](Cc2cnc[nH]2)C(=O)N[C@H](Cc2ccc3ccccc3c2)C(=O)N[C@@H](CCCN=C(N)N)C(=O)N[C@@H](Cc2c[nH]c3ccccc23)C(=O)N1. The summed E-state index contributed by atoms with van der Waals surface area (Å²) in [6.07, 6.45) is 4.52. The van der Waals surface area contributed by atoms with E-state index >= 15 is 0 Å². The molecule has 7 atom stereocenters. The summed E-state index contributed by atoms with van der Waals surface area (Å²) in [6, 6.07) is 11.0. The van der Waals surface area contributed by atoms with Gasteiger partial charge in [0.2, 0.25) is 29.5 Å². The van der Waals surface area contributed by atoms with Crippen molar-refractivity contribution in [3.8, 4) is 0 Å². The van der Waals surface area contributed by atoms with E-state index in [1.54, 1.807) is 12.3 Å². The number of guanidine groups is 1. The number of aromatic amines is 2. The number of hydrogen-bond acceptors (Lipinski definition) is 12. The molecule has 2 fully saturated rings. The van der Waals surface area contributed by atoms with Gasteiger partial charge in [0.1, 0.15) is 36.3 Å². The molecule has 2 bridgehead atoms. The number of Topliss-reactive ketones (excluding diaryl/α,β-unsaturated/α-hetero) is 1. The first kappa shape index (κ1) is 50.5. The van der Waals surface area contributed by atoms with E-state index in [2.05, 4.69) is 51.8 Å². The minimum atomic E-state index is -1.38. The first-order chi connectivity index (χ1) is 33.6. The average molecular weight is 994 g/mol. The Morgan fingerprint density at radius 3 is 2.10 bits per heavy atom. The van der Waals surface area contributed by atoms with E-state index in [-0.39, 0.29) is 61.9 Å². The molecule has 2 aliphatic rings. The zero-order valence-corrected chi connectivity index (χ0v) is 40.0. The van der Waals surface area contributed by atoms with Gasteiger partial charge >= 0.3 is 6.03 Å². The van der Waals surface area contributed by atoms with E-state index in [1.807, 2.05) is 60.7 Å². The predicted octanol–water partition coefficient (Wildman–Crippen LogP) is 0.843.